The molecule has 258 valence electrons. The van der Waals surface area contributed by atoms with Gasteiger partial charge in [0.05, 0.1) is 0 Å². The molecule has 0 amide bonds. The number of amidine groups is 1. The van der Waals surface area contributed by atoms with Gasteiger partial charge in [-0.2, -0.15) is 0 Å². The van der Waals surface area contributed by atoms with Gasteiger partial charge in [0.2, 0.25) is 0 Å². The Kier molecular flexibility index (Phi) is 7.13. The van der Waals surface area contributed by atoms with E-state index in [-0.39, 0.29) is 12.3 Å². The van der Waals surface area contributed by atoms with E-state index in [1.165, 1.54) is 16.5 Å². The van der Waals surface area contributed by atoms with Crippen LogP contribution in [0.25, 0.3) is 72.2 Å². The molecule has 54 heavy (non-hydrogen) atoms. The summed E-state index contributed by atoms with van der Waals surface area (Å²) in [7, 11) is 0. The maximum atomic E-state index is 6.96. The molecule has 0 radical (unpaired) electrons. The number of aliphatic imine (C=N–C) groups is 1. The van der Waals surface area contributed by atoms with Gasteiger partial charge in [-0.05, 0) is 58.4 Å². The molecule has 5 nitrogen and oxygen atoms in total. The van der Waals surface area contributed by atoms with Crippen LogP contribution in [0.5, 0.6) is 0 Å². The molecule has 11 rings (SSSR count). The van der Waals surface area contributed by atoms with Gasteiger partial charge in [0.25, 0.3) is 0 Å². The predicted octanol–water partition coefficient (Wildman–Crippen LogP) is 12.1. The molecule has 0 bridgehead atoms. The molecule has 2 unspecified atom stereocenters. The van der Waals surface area contributed by atoms with Crippen LogP contribution < -0.4 is 10.6 Å². The highest BCUT2D eigenvalue weighted by Gasteiger charge is 2.26. The second kappa shape index (κ2) is 12.5. The van der Waals surface area contributed by atoms with E-state index >= 15 is 0 Å². The highest BCUT2D eigenvalue weighted by atomic mass is 16.3. The molecule has 0 spiro atoms. The average molecular weight is 698 g/mol. The first-order valence-electron chi connectivity index (χ1n) is 18.7. The fourth-order valence-electron chi connectivity index (χ4n) is 8.48. The molecule has 1 aliphatic heterocycles. The van der Waals surface area contributed by atoms with Gasteiger partial charge in [-0.25, -0.2) is 4.99 Å². The van der Waals surface area contributed by atoms with Gasteiger partial charge < -0.3 is 14.2 Å². The van der Waals surface area contributed by atoms with Gasteiger partial charge in [0, 0.05) is 38.2 Å². The van der Waals surface area contributed by atoms with Crippen LogP contribution in [0.4, 0.5) is 0 Å². The third-order valence-electron chi connectivity index (χ3n) is 11.1. The summed E-state index contributed by atoms with van der Waals surface area (Å²) in [6, 6.07) is 53.2. The highest BCUT2D eigenvalue weighted by molar-refractivity contribution is 6.19. The highest BCUT2D eigenvalue weighted by Crippen LogP contribution is 2.45. The van der Waals surface area contributed by atoms with Crippen molar-refractivity contribution in [1.29, 1.82) is 0 Å². The number of hydrogen-bond donors (Lipinski definition) is 2. The molecule has 2 atom stereocenters. The van der Waals surface area contributed by atoms with E-state index in [0.717, 1.165) is 96.1 Å². The summed E-state index contributed by atoms with van der Waals surface area (Å²) in [5, 5.41) is 11.9. The minimum atomic E-state index is -0.182. The number of furan rings is 2. The molecule has 2 N–H and O–H groups in total. The fourth-order valence-corrected chi connectivity index (χ4v) is 8.48. The lowest BCUT2D eigenvalue weighted by molar-refractivity contribution is 0.409. The van der Waals surface area contributed by atoms with Crippen LogP contribution >= 0.6 is 0 Å². The van der Waals surface area contributed by atoms with Crippen LogP contribution in [0.3, 0.4) is 0 Å². The summed E-state index contributed by atoms with van der Waals surface area (Å²) in [6.07, 6.45) is 6.28. The molecule has 0 saturated heterocycles. The normalized spacial score (nSPS) is 16.9. The molecule has 3 heterocycles. The minimum absolute atomic E-state index is 0.0878. The quantitative estimate of drug-likeness (QED) is 0.188. The summed E-state index contributed by atoms with van der Waals surface area (Å²) in [6.45, 7) is 0. The average Bonchev–Trinajstić information content (AvgIpc) is 3.84. The Morgan fingerprint density at radius 3 is 2.00 bits per heavy atom. The number of aryl methyl sites for hydroxylation is 1. The van der Waals surface area contributed by atoms with Crippen LogP contribution in [0.15, 0.2) is 172 Å². The van der Waals surface area contributed by atoms with Gasteiger partial charge in [-0.15, -0.1) is 0 Å². The zero-order valence-corrected chi connectivity index (χ0v) is 29.4. The van der Waals surface area contributed by atoms with E-state index in [2.05, 4.69) is 162 Å². The third-order valence-corrected chi connectivity index (χ3v) is 11.1. The number of benzene rings is 7. The van der Waals surface area contributed by atoms with Gasteiger partial charge >= 0.3 is 0 Å². The monoisotopic (exact) mass is 697 g/mol. The maximum Gasteiger partial charge on any atom is 0.143 e. The molecular formula is C49H35N3O2. The van der Waals surface area contributed by atoms with E-state index in [1.54, 1.807) is 0 Å². The minimum Gasteiger partial charge on any atom is -0.456 e. The van der Waals surface area contributed by atoms with Gasteiger partial charge in [0.1, 0.15) is 40.5 Å². The molecule has 1 aliphatic carbocycles. The lowest BCUT2D eigenvalue weighted by Gasteiger charge is -2.32. The van der Waals surface area contributed by atoms with Crippen LogP contribution in [0.2, 0.25) is 0 Å². The van der Waals surface area contributed by atoms with Crippen LogP contribution in [-0.2, 0) is 6.42 Å². The van der Waals surface area contributed by atoms with Crippen molar-refractivity contribution in [3.05, 3.63) is 186 Å². The van der Waals surface area contributed by atoms with Crippen molar-refractivity contribution in [2.75, 3.05) is 0 Å². The fraction of sp³-hybridized carbons (Fsp3) is 0.0816. The SMILES string of the molecule is C1=Cc2ccc3oc4cccc(-c5cccc6c5oc5c(-c7ccc(C8=NC(c9ccccc9)NC(c9ccccc9)N8)cc7)cccc56)c4c3c2CC1. The molecule has 2 aromatic heterocycles. The first-order valence-corrected chi connectivity index (χ1v) is 18.7. The Labute approximate surface area is 312 Å². The van der Waals surface area contributed by atoms with Crippen molar-refractivity contribution in [3.63, 3.8) is 0 Å². The molecule has 2 aliphatic rings. The summed E-state index contributed by atoms with van der Waals surface area (Å²) in [4.78, 5) is 5.14. The Bertz CT molecular complexity index is 2940. The zero-order chi connectivity index (χ0) is 35.6. The van der Waals surface area contributed by atoms with Gasteiger partial charge in [-0.1, -0.05) is 152 Å². The molecule has 5 heteroatoms. The maximum absolute atomic E-state index is 6.96. The van der Waals surface area contributed by atoms with Crippen molar-refractivity contribution in [2.24, 2.45) is 4.99 Å². The summed E-state index contributed by atoms with van der Waals surface area (Å²) >= 11 is 0. The van der Waals surface area contributed by atoms with Crippen LogP contribution in [0.1, 0.15) is 46.6 Å². The third kappa shape index (κ3) is 5.01. The van der Waals surface area contributed by atoms with E-state index in [0.29, 0.717) is 0 Å². The Morgan fingerprint density at radius 1 is 0.537 bits per heavy atom. The topological polar surface area (TPSA) is 62.7 Å². The van der Waals surface area contributed by atoms with Crippen molar-refractivity contribution < 1.29 is 8.83 Å². The molecule has 9 aromatic rings. The second-order valence-corrected chi connectivity index (χ2v) is 14.2. The summed E-state index contributed by atoms with van der Waals surface area (Å²) in [5.41, 5.74) is 13.9. The van der Waals surface area contributed by atoms with Gasteiger partial charge in [0.15, 0.2) is 0 Å². The zero-order valence-electron chi connectivity index (χ0n) is 29.4. The summed E-state index contributed by atoms with van der Waals surface area (Å²) in [5.74, 6) is 0.854. The molecule has 0 saturated carbocycles. The van der Waals surface area contributed by atoms with Crippen molar-refractivity contribution in [3.8, 4) is 22.3 Å². The standard InChI is InChI=1S/C49H35N3O2/c1-3-13-32(14-4-1)47-50-48(33-15-5-2-6-16-33)52-49(51-47)34-26-24-31(25-27-34)36-18-9-21-39-40-22-10-20-38(46(40)54-45(36)39)37-19-11-23-41-44(37)43-35-17-8-7-12-30(35)28-29-42(43)53-41/h1-7,9-16,18-29,47-48,50H,8,17H2,(H,51,52). The first kappa shape index (κ1) is 30.9. The number of nitrogens with one attached hydrogen (secondary N) is 2. The Balaban J connectivity index is 1.01. The van der Waals surface area contributed by atoms with Crippen LogP contribution in [-0.4, -0.2) is 5.84 Å². The molecular weight excluding hydrogens is 663 g/mol. The lowest BCUT2D eigenvalue weighted by Crippen LogP contribution is -2.44. The van der Waals surface area contributed by atoms with E-state index < -0.39 is 0 Å². The smallest absolute Gasteiger partial charge is 0.143 e. The van der Waals surface area contributed by atoms with E-state index in [9.17, 15) is 0 Å². The van der Waals surface area contributed by atoms with Crippen LogP contribution in [0, 0.1) is 0 Å². The number of para-hydroxylation sites is 2. The van der Waals surface area contributed by atoms with E-state index in [4.69, 9.17) is 13.8 Å². The van der Waals surface area contributed by atoms with Crippen molar-refractivity contribution >= 4 is 55.8 Å². The second-order valence-electron chi connectivity index (χ2n) is 14.2. The van der Waals surface area contributed by atoms with Crippen molar-refractivity contribution in [1.82, 2.24) is 10.6 Å². The van der Waals surface area contributed by atoms with Crippen molar-refractivity contribution in [2.45, 2.75) is 25.2 Å². The number of nitrogens with zero attached hydrogens (tertiary/aromatic N) is 1. The molecule has 0 fully saturated rings. The number of allylic oxidation sites excluding steroid dienone is 1. The summed E-state index contributed by atoms with van der Waals surface area (Å²) < 4.78 is 13.4. The predicted molar refractivity (Wildman–Crippen MR) is 220 cm³/mol. The Morgan fingerprint density at radius 2 is 1.20 bits per heavy atom. The Hall–Kier alpha value is -6.69. The number of rotatable bonds is 5. The lowest BCUT2D eigenvalue weighted by atomic mass is 9.90. The van der Waals surface area contributed by atoms with E-state index in [1.807, 2.05) is 12.1 Å². The number of fused-ring (bicyclic) bond motifs is 8. The largest absolute Gasteiger partial charge is 0.456 e. The van der Waals surface area contributed by atoms with Gasteiger partial charge in [-0.3, -0.25) is 5.32 Å². The first-order chi connectivity index (χ1) is 26.8. The number of hydrogen-bond acceptors (Lipinski definition) is 5. The molecule has 7 aromatic carbocycles.